The van der Waals surface area contributed by atoms with E-state index >= 15 is 0 Å². The zero-order valence-corrected chi connectivity index (χ0v) is 8.87. The molecule has 0 saturated carbocycles. The van der Waals surface area contributed by atoms with Gasteiger partial charge in [0.15, 0.2) is 0 Å². The van der Waals surface area contributed by atoms with Crippen LogP contribution in [0.1, 0.15) is 34.1 Å². The van der Waals surface area contributed by atoms with E-state index in [1.807, 2.05) is 0 Å². The van der Waals surface area contributed by atoms with Crippen LogP contribution in [0.2, 0.25) is 0 Å². The Morgan fingerprint density at radius 2 is 2.08 bits per heavy atom. The van der Waals surface area contributed by atoms with Crippen LogP contribution in [0.15, 0.2) is 0 Å². The SMILES string of the molecule is CC(C)N1CC(C)(C)C[C@H]1C(=O)O. The minimum atomic E-state index is -0.681. The van der Waals surface area contributed by atoms with Gasteiger partial charge >= 0.3 is 5.97 Å². The quantitative estimate of drug-likeness (QED) is 0.710. The molecule has 0 aromatic rings. The Labute approximate surface area is 79.7 Å². The predicted molar refractivity (Wildman–Crippen MR) is 51.7 cm³/mol. The molecule has 0 bridgehead atoms. The number of hydrogen-bond acceptors (Lipinski definition) is 2. The molecule has 76 valence electrons. The fourth-order valence-electron chi connectivity index (χ4n) is 2.08. The van der Waals surface area contributed by atoms with Crippen molar-refractivity contribution in [2.45, 2.75) is 46.2 Å². The molecule has 0 aromatic carbocycles. The lowest BCUT2D eigenvalue weighted by molar-refractivity contribution is -0.142. The van der Waals surface area contributed by atoms with E-state index in [0.29, 0.717) is 6.04 Å². The van der Waals surface area contributed by atoms with Gasteiger partial charge in [0, 0.05) is 12.6 Å². The van der Waals surface area contributed by atoms with Gasteiger partial charge in [-0.05, 0) is 25.7 Å². The molecule has 1 aliphatic rings. The molecule has 1 heterocycles. The third kappa shape index (κ3) is 2.21. The van der Waals surface area contributed by atoms with E-state index in [4.69, 9.17) is 5.11 Å². The van der Waals surface area contributed by atoms with Gasteiger partial charge in [-0.25, -0.2) is 0 Å². The van der Waals surface area contributed by atoms with Crippen molar-refractivity contribution in [3.63, 3.8) is 0 Å². The monoisotopic (exact) mass is 185 g/mol. The number of nitrogens with zero attached hydrogens (tertiary/aromatic N) is 1. The zero-order valence-electron chi connectivity index (χ0n) is 8.87. The molecule has 1 N–H and O–H groups in total. The highest BCUT2D eigenvalue weighted by molar-refractivity contribution is 5.74. The number of aliphatic carboxylic acids is 1. The van der Waals surface area contributed by atoms with Crippen LogP contribution in [-0.2, 0) is 4.79 Å². The molecule has 0 unspecified atom stereocenters. The average molecular weight is 185 g/mol. The third-order valence-corrected chi connectivity index (χ3v) is 2.71. The molecular weight excluding hydrogens is 166 g/mol. The highest BCUT2D eigenvalue weighted by Crippen LogP contribution is 2.35. The van der Waals surface area contributed by atoms with Gasteiger partial charge in [-0.1, -0.05) is 13.8 Å². The second-order valence-electron chi connectivity index (χ2n) is 4.99. The molecular formula is C10H19NO2. The van der Waals surface area contributed by atoms with Crippen LogP contribution < -0.4 is 0 Å². The number of likely N-dealkylation sites (tertiary alicyclic amines) is 1. The largest absolute Gasteiger partial charge is 0.480 e. The number of carbonyl (C=O) groups is 1. The van der Waals surface area contributed by atoms with Crippen LogP contribution in [0.25, 0.3) is 0 Å². The molecule has 1 atom stereocenters. The van der Waals surface area contributed by atoms with Crippen LogP contribution in [-0.4, -0.2) is 34.6 Å². The fraction of sp³-hybridized carbons (Fsp3) is 0.900. The highest BCUT2D eigenvalue weighted by Gasteiger charge is 2.42. The normalized spacial score (nSPS) is 28.2. The first-order valence-corrected chi connectivity index (χ1v) is 4.82. The van der Waals surface area contributed by atoms with E-state index in [1.165, 1.54) is 0 Å². The molecule has 3 nitrogen and oxygen atoms in total. The van der Waals surface area contributed by atoms with Gasteiger partial charge in [-0.2, -0.15) is 0 Å². The Morgan fingerprint density at radius 3 is 2.38 bits per heavy atom. The van der Waals surface area contributed by atoms with Crippen molar-refractivity contribution < 1.29 is 9.90 Å². The standard InChI is InChI=1S/C10H19NO2/c1-7(2)11-6-10(3,4)5-8(11)9(12)13/h7-8H,5-6H2,1-4H3,(H,12,13)/t8-/m0/s1. The molecule has 1 fully saturated rings. The van der Waals surface area contributed by atoms with Crippen molar-refractivity contribution in [2.24, 2.45) is 5.41 Å². The van der Waals surface area contributed by atoms with E-state index in [0.717, 1.165) is 13.0 Å². The Morgan fingerprint density at radius 1 is 1.54 bits per heavy atom. The molecule has 0 aromatic heterocycles. The van der Waals surface area contributed by atoms with Gasteiger partial charge in [0.05, 0.1) is 0 Å². The molecule has 1 aliphatic heterocycles. The Kier molecular flexibility index (Phi) is 2.66. The molecule has 13 heavy (non-hydrogen) atoms. The summed E-state index contributed by atoms with van der Waals surface area (Å²) >= 11 is 0. The Hall–Kier alpha value is -0.570. The topological polar surface area (TPSA) is 40.5 Å². The van der Waals surface area contributed by atoms with Crippen molar-refractivity contribution in [1.82, 2.24) is 4.90 Å². The van der Waals surface area contributed by atoms with Crippen molar-refractivity contribution in [2.75, 3.05) is 6.54 Å². The molecule has 0 radical (unpaired) electrons. The van der Waals surface area contributed by atoms with Crippen LogP contribution in [0.4, 0.5) is 0 Å². The number of hydrogen-bond donors (Lipinski definition) is 1. The van der Waals surface area contributed by atoms with Gasteiger partial charge in [0.25, 0.3) is 0 Å². The summed E-state index contributed by atoms with van der Waals surface area (Å²) in [5.41, 5.74) is 0.146. The van der Waals surface area contributed by atoms with Crippen LogP contribution in [0, 0.1) is 5.41 Å². The maximum absolute atomic E-state index is 11.0. The lowest BCUT2D eigenvalue weighted by Crippen LogP contribution is -2.40. The number of rotatable bonds is 2. The first-order chi connectivity index (χ1) is 5.83. The summed E-state index contributed by atoms with van der Waals surface area (Å²) in [5, 5.41) is 9.02. The van der Waals surface area contributed by atoms with E-state index in [-0.39, 0.29) is 11.5 Å². The van der Waals surface area contributed by atoms with E-state index in [2.05, 4.69) is 32.6 Å². The minimum absolute atomic E-state index is 0.146. The fourth-order valence-corrected chi connectivity index (χ4v) is 2.08. The summed E-state index contributed by atoms with van der Waals surface area (Å²) in [5.74, 6) is -0.681. The summed E-state index contributed by atoms with van der Waals surface area (Å²) < 4.78 is 0. The predicted octanol–water partition coefficient (Wildman–Crippen LogP) is 1.58. The lowest BCUT2D eigenvalue weighted by Gasteiger charge is -2.25. The van der Waals surface area contributed by atoms with Gasteiger partial charge < -0.3 is 5.11 Å². The summed E-state index contributed by atoms with van der Waals surface area (Å²) in [6.07, 6.45) is 0.764. The summed E-state index contributed by atoms with van der Waals surface area (Å²) in [7, 11) is 0. The van der Waals surface area contributed by atoms with Crippen molar-refractivity contribution in [3.8, 4) is 0 Å². The van der Waals surface area contributed by atoms with Crippen LogP contribution in [0.5, 0.6) is 0 Å². The highest BCUT2D eigenvalue weighted by atomic mass is 16.4. The summed E-state index contributed by atoms with van der Waals surface area (Å²) in [4.78, 5) is 13.0. The van der Waals surface area contributed by atoms with Crippen LogP contribution in [0.3, 0.4) is 0 Å². The molecule has 3 heteroatoms. The number of carboxylic acids is 1. The first kappa shape index (κ1) is 10.5. The van der Waals surface area contributed by atoms with Gasteiger partial charge in [0.1, 0.15) is 6.04 Å². The summed E-state index contributed by atoms with van der Waals surface area (Å²) in [6, 6.07) is 0.0397. The van der Waals surface area contributed by atoms with Crippen molar-refractivity contribution in [3.05, 3.63) is 0 Å². The van der Waals surface area contributed by atoms with E-state index in [1.54, 1.807) is 0 Å². The number of carboxylic acid groups (broad SMARTS) is 1. The van der Waals surface area contributed by atoms with E-state index in [9.17, 15) is 4.79 Å². The molecule has 1 saturated heterocycles. The van der Waals surface area contributed by atoms with Gasteiger partial charge in [-0.15, -0.1) is 0 Å². The van der Waals surface area contributed by atoms with Gasteiger partial charge in [-0.3, -0.25) is 9.69 Å². The van der Waals surface area contributed by atoms with Crippen molar-refractivity contribution in [1.29, 1.82) is 0 Å². The lowest BCUT2D eigenvalue weighted by atomic mass is 9.91. The molecule has 1 rings (SSSR count). The first-order valence-electron chi connectivity index (χ1n) is 4.82. The molecule has 0 amide bonds. The molecule has 0 aliphatic carbocycles. The third-order valence-electron chi connectivity index (χ3n) is 2.71. The Bertz CT molecular complexity index is 211. The van der Waals surface area contributed by atoms with Crippen LogP contribution >= 0.6 is 0 Å². The minimum Gasteiger partial charge on any atom is -0.480 e. The van der Waals surface area contributed by atoms with Crippen molar-refractivity contribution >= 4 is 5.97 Å². The Balaban J connectivity index is 2.77. The maximum atomic E-state index is 11.0. The second-order valence-corrected chi connectivity index (χ2v) is 4.99. The van der Waals surface area contributed by atoms with E-state index < -0.39 is 5.97 Å². The average Bonchev–Trinajstić information content (AvgIpc) is 2.26. The summed E-state index contributed by atoms with van der Waals surface area (Å²) in [6.45, 7) is 9.26. The zero-order chi connectivity index (χ0) is 10.2. The smallest absolute Gasteiger partial charge is 0.320 e. The molecule has 0 spiro atoms. The second kappa shape index (κ2) is 3.29. The van der Waals surface area contributed by atoms with Gasteiger partial charge in [0.2, 0.25) is 0 Å². The maximum Gasteiger partial charge on any atom is 0.320 e.